The Balaban J connectivity index is 1.63. The van der Waals surface area contributed by atoms with Crippen molar-refractivity contribution >= 4 is 18.0 Å². The summed E-state index contributed by atoms with van der Waals surface area (Å²) in [5.41, 5.74) is -2.12. The second-order valence-electron chi connectivity index (χ2n) is 8.65. The van der Waals surface area contributed by atoms with Crippen LogP contribution in [-0.2, 0) is 19.1 Å². The van der Waals surface area contributed by atoms with Crippen molar-refractivity contribution in [2.45, 2.75) is 67.5 Å². The molecular weight excluding hydrogens is 488 g/mol. The average Bonchev–Trinajstić information content (AvgIpc) is 2.82. The van der Waals surface area contributed by atoms with Crippen molar-refractivity contribution in [3.8, 4) is 11.5 Å². The largest absolute Gasteiger partial charge is 0.504 e. The molecule has 1 aliphatic heterocycles. The molecule has 1 aromatic carbocycles. The van der Waals surface area contributed by atoms with Gasteiger partial charge in [-0.2, -0.15) is 0 Å². The maximum absolute atomic E-state index is 12.2. The van der Waals surface area contributed by atoms with Crippen LogP contribution in [0.2, 0.25) is 0 Å². The number of aliphatic carboxylic acids is 1. The first-order valence-corrected chi connectivity index (χ1v) is 10.9. The van der Waals surface area contributed by atoms with Crippen LogP contribution in [0.25, 0.3) is 6.08 Å². The SMILES string of the molecule is O=C(/C=C/c1ccc(OC2O[C@H](CO)[C@@H](O)[C@H](O)[C@H]2O)c(O)c1)O[C@@H]1C[C@](O)(C(=O)O)C[C@@H](O)[C@H]1O. The van der Waals surface area contributed by atoms with Gasteiger partial charge in [0.2, 0.25) is 6.29 Å². The molecule has 2 fully saturated rings. The summed E-state index contributed by atoms with van der Waals surface area (Å²) in [6.07, 6.45) is -11.6. The van der Waals surface area contributed by atoms with Gasteiger partial charge >= 0.3 is 11.9 Å². The molecular formula is C22H28O14. The van der Waals surface area contributed by atoms with Crippen molar-refractivity contribution in [3.63, 3.8) is 0 Å². The zero-order chi connectivity index (χ0) is 26.8. The summed E-state index contributed by atoms with van der Waals surface area (Å²) in [6.45, 7) is -0.664. The van der Waals surface area contributed by atoms with Crippen molar-refractivity contribution in [2.24, 2.45) is 0 Å². The van der Waals surface area contributed by atoms with Crippen LogP contribution in [0, 0.1) is 0 Å². The van der Waals surface area contributed by atoms with E-state index in [9.17, 15) is 50.4 Å². The number of phenolic OH excluding ortho intramolecular Hbond substituents is 1. The van der Waals surface area contributed by atoms with Gasteiger partial charge in [-0.3, -0.25) is 0 Å². The molecule has 1 aromatic rings. The molecule has 14 nitrogen and oxygen atoms in total. The third kappa shape index (κ3) is 5.93. The minimum atomic E-state index is -2.38. The minimum Gasteiger partial charge on any atom is -0.504 e. The van der Waals surface area contributed by atoms with Gasteiger partial charge in [0.25, 0.3) is 0 Å². The number of benzene rings is 1. The van der Waals surface area contributed by atoms with E-state index in [1.807, 2.05) is 0 Å². The van der Waals surface area contributed by atoms with Crippen LogP contribution in [0.5, 0.6) is 11.5 Å². The lowest BCUT2D eigenvalue weighted by Crippen LogP contribution is -2.60. The molecule has 0 radical (unpaired) electrons. The smallest absolute Gasteiger partial charge is 0.335 e. The van der Waals surface area contributed by atoms with E-state index in [4.69, 9.17) is 19.3 Å². The Morgan fingerprint density at radius 1 is 1.06 bits per heavy atom. The maximum atomic E-state index is 12.2. The number of rotatable bonds is 7. The predicted octanol–water partition coefficient (Wildman–Crippen LogP) is -3.17. The molecule has 0 bridgehead atoms. The maximum Gasteiger partial charge on any atom is 0.335 e. The van der Waals surface area contributed by atoms with E-state index in [1.165, 1.54) is 18.2 Å². The fourth-order valence-corrected chi connectivity index (χ4v) is 3.92. The highest BCUT2D eigenvalue weighted by molar-refractivity contribution is 5.87. The summed E-state index contributed by atoms with van der Waals surface area (Å²) in [4.78, 5) is 23.4. The highest BCUT2D eigenvalue weighted by atomic mass is 16.7. The molecule has 0 amide bonds. The Bertz CT molecular complexity index is 979. The molecule has 9 N–H and O–H groups in total. The van der Waals surface area contributed by atoms with Crippen molar-refractivity contribution in [1.29, 1.82) is 0 Å². The number of esters is 1. The molecule has 200 valence electrons. The van der Waals surface area contributed by atoms with Crippen molar-refractivity contribution in [2.75, 3.05) is 6.61 Å². The fraction of sp³-hybridized carbons (Fsp3) is 0.545. The van der Waals surface area contributed by atoms with E-state index in [0.29, 0.717) is 0 Å². The van der Waals surface area contributed by atoms with Gasteiger partial charge in [-0.25, -0.2) is 9.59 Å². The van der Waals surface area contributed by atoms with Gasteiger partial charge in [0.1, 0.15) is 36.6 Å². The number of phenols is 1. The van der Waals surface area contributed by atoms with Crippen LogP contribution < -0.4 is 4.74 Å². The molecule has 2 aliphatic rings. The topological polar surface area (TPSA) is 244 Å². The summed E-state index contributed by atoms with van der Waals surface area (Å²) in [7, 11) is 0. The summed E-state index contributed by atoms with van der Waals surface area (Å²) in [5.74, 6) is -3.31. The zero-order valence-corrected chi connectivity index (χ0v) is 18.7. The summed E-state index contributed by atoms with van der Waals surface area (Å²) < 4.78 is 15.5. The van der Waals surface area contributed by atoms with Gasteiger partial charge in [0.15, 0.2) is 17.1 Å². The molecule has 3 rings (SSSR count). The second-order valence-corrected chi connectivity index (χ2v) is 8.65. The van der Waals surface area contributed by atoms with Gasteiger partial charge in [0, 0.05) is 18.9 Å². The number of aliphatic hydroxyl groups excluding tert-OH is 6. The molecule has 1 unspecified atom stereocenters. The van der Waals surface area contributed by atoms with Crippen LogP contribution in [0.3, 0.4) is 0 Å². The predicted molar refractivity (Wildman–Crippen MR) is 115 cm³/mol. The van der Waals surface area contributed by atoms with E-state index in [-0.39, 0.29) is 11.3 Å². The van der Waals surface area contributed by atoms with E-state index in [2.05, 4.69) is 0 Å². The fourth-order valence-electron chi connectivity index (χ4n) is 3.92. The molecule has 36 heavy (non-hydrogen) atoms. The van der Waals surface area contributed by atoms with Gasteiger partial charge < -0.3 is 60.2 Å². The number of hydrogen-bond donors (Lipinski definition) is 9. The normalized spacial score (nSPS) is 37.0. The third-order valence-corrected chi connectivity index (χ3v) is 6.01. The number of carbonyl (C=O) groups excluding carboxylic acids is 1. The number of carbonyl (C=O) groups is 2. The first-order chi connectivity index (χ1) is 16.9. The molecule has 14 heteroatoms. The molecule has 0 aromatic heterocycles. The third-order valence-electron chi connectivity index (χ3n) is 6.01. The quantitative estimate of drug-likeness (QED) is 0.128. The number of carboxylic acids is 1. The number of aliphatic hydroxyl groups is 7. The van der Waals surface area contributed by atoms with E-state index >= 15 is 0 Å². The van der Waals surface area contributed by atoms with Crippen LogP contribution >= 0.6 is 0 Å². The minimum absolute atomic E-state index is 0.189. The summed E-state index contributed by atoms with van der Waals surface area (Å²) >= 11 is 0. The first-order valence-electron chi connectivity index (χ1n) is 10.9. The van der Waals surface area contributed by atoms with Crippen LogP contribution in [0.1, 0.15) is 18.4 Å². The molecule has 1 heterocycles. The number of ether oxygens (including phenoxy) is 3. The Kier molecular flexibility index (Phi) is 8.53. The highest BCUT2D eigenvalue weighted by Crippen LogP contribution is 2.33. The van der Waals surface area contributed by atoms with Gasteiger partial charge in [-0.05, 0) is 23.8 Å². The summed E-state index contributed by atoms with van der Waals surface area (Å²) in [5, 5.41) is 88.2. The Morgan fingerprint density at radius 2 is 1.75 bits per heavy atom. The lowest BCUT2D eigenvalue weighted by Gasteiger charge is -2.39. The van der Waals surface area contributed by atoms with E-state index < -0.39 is 91.8 Å². The zero-order valence-electron chi connectivity index (χ0n) is 18.7. The molecule has 1 saturated heterocycles. The average molecular weight is 516 g/mol. The number of hydrogen-bond acceptors (Lipinski definition) is 13. The first kappa shape index (κ1) is 27.8. The van der Waals surface area contributed by atoms with Crippen LogP contribution in [0.4, 0.5) is 0 Å². The van der Waals surface area contributed by atoms with Crippen molar-refractivity contribution in [3.05, 3.63) is 29.8 Å². The van der Waals surface area contributed by atoms with Gasteiger partial charge in [0.05, 0.1) is 12.7 Å². The second kappa shape index (κ2) is 11.1. The van der Waals surface area contributed by atoms with Gasteiger partial charge in [-0.15, -0.1) is 0 Å². The molecule has 1 aliphatic carbocycles. The summed E-state index contributed by atoms with van der Waals surface area (Å²) in [6, 6.07) is 3.78. The van der Waals surface area contributed by atoms with Crippen molar-refractivity contribution in [1.82, 2.24) is 0 Å². The van der Waals surface area contributed by atoms with E-state index in [1.54, 1.807) is 0 Å². The van der Waals surface area contributed by atoms with E-state index in [0.717, 1.165) is 12.1 Å². The van der Waals surface area contributed by atoms with Crippen LogP contribution in [0.15, 0.2) is 24.3 Å². The molecule has 9 atom stereocenters. The lowest BCUT2D eigenvalue weighted by atomic mass is 9.79. The van der Waals surface area contributed by atoms with Crippen LogP contribution in [-0.4, -0.2) is 119 Å². The number of carboxylic acid groups (broad SMARTS) is 1. The standard InChI is InChI=1S/C22H28O14/c23-8-14-17(28)18(29)19(30)20(36-14)35-12-3-1-9(5-10(12)24)2-4-15(26)34-13-7-22(33,21(31)32)6-11(25)16(13)27/h1-5,11,13-14,16-20,23-25,27-30,33H,6-8H2,(H,31,32)/b4-2+/t11-,13-,14-,16-,17-,18+,19-,20?,22+/m1/s1. The monoisotopic (exact) mass is 516 g/mol. The Morgan fingerprint density at radius 3 is 2.36 bits per heavy atom. The molecule has 1 saturated carbocycles. The molecule has 0 spiro atoms. The number of aromatic hydroxyl groups is 1. The Labute approximate surface area is 203 Å². The highest BCUT2D eigenvalue weighted by Gasteiger charge is 2.50. The lowest BCUT2D eigenvalue weighted by molar-refractivity contribution is -0.277. The van der Waals surface area contributed by atoms with Crippen molar-refractivity contribution < 1.29 is 69.8 Å². The Hall–Kier alpha value is -2.82. The van der Waals surface area contributed by atoms with Gasteiger partial charge in [-0.1, -0.05) is 6.07 Å².